The second-order valence-corrected chi connectivity index (χ2v) is 10.1. The molecule has 0 unspecified atom stereocenters. The van der Waals surface area contributed by atoms with Crippen LogP contribution < -0.4 is 18.9 Å². The molecule has 0 heterocycles. The first kappa shape index (κ1) is 36.8. The average Bonchev–Trinajstić information content (AvgIpc) is 2.41. The second kappa shape index (κ2) is 13.8. The SMILES string of the molecule is CC(C)(C)OC(=O)CC(C)(C)C(=O)O.COC(=O)C(C)(C)CC(=O)OC(C)(C)C.[Li+].[OH-]. The van der Waals surface area contributed by atoms with Gasteiger partial charge in [-0.25, -0.2) is 0 Å². The van der Waals surface area contributed by atoms with E-state index in [9.17, 15) is 19.2 Å². The Morgan fingerprint density at radius 1 is 0.677 bits per heavy atom. The van der Waals surface area contributed by atoms with Gasteiger partial charge in [-0.1, -0.05) is 0 Å². The van der Waals surface area contributed by atoms with E-state index in [0.29, 0.717) is 0 Å². The van der Waals surface area contributed by atoms with Gasteiger partial charge in [-0.05, 0) is 69.2 Å². The van der Waals surface area contributed by atoms with E-state index in [1.807, 2.05) is 0 Å². The van der Waals surface area contributed by atoms with Gasteiger partial charge in [-0.2, -0.15) is 0 Å². The molecule has 0 aliphatic rings. The van der Waals surface area contributed by atoms with Crippen molar-refractivity contribution in [2.75, 3.05) is 7.11 Å². The molecule has 0 aromatic heterocycles. The maximum absolute atomic E-state index is 11.5. The van der Waals surface area contributed by atoms with Crippen molar-refractivity contribution in [3.8, 4) is 0 Å². The molecule has 0 amide bonds. The number of carboxylic acid groups (broad SMARTS) is 1. The quantitative estimate of drug-likeness (QED) is 0.354. The van der Waals surface area contributed by atoms with Crippen molar-refractivity contribution in [1.82, 2.24) is 0 Å². The summed E-state index contributed by atoms with van der Waals surface area (Å²) in [5, 5.41) is 8.78. The maximum Gasteiger partial charge on any atom is 1.00 e. The Morgan fingerprint density at radius 2 is 0.968 bits per heavy atom. The Balaban J connectivity index is -0.000000221. The van der Waals surface area contributed by atoms with Gasteiger partial charge in [-0.15, -0.1) is 0 Å². The predicted octanol–water partition coefficient (Wildman–Crippen LogP) is 0.574. The first-order valence-electron chi connectivity index (χ1n) is 9.38. The number of ether oxygens (including phenoxy) is 3. The van der Waals surface area contributed by atoms with E-state index in [1.165, 1.54) is 21.0 Å². The maximum atomic E-state index is 11.5. The van der Waals surface area contributed by atoms with Crippen LogP contribution in [0.2, 0.25) is 0 Å². The molecule has 0 aromatic carbocycles. The van der Waals surface area contributed by atoms with Crippen molar-refractivity contribution in [2.24, 2.45) is 10.8 Å². The van der Waals surface area contributed by atoms with Gasteiger partial charge >= 0.3 is 42.7 Å². The number of aliphatic carboxylic acids is 1. The van der Waals surface area contributed by atoms with Gasteiger partial charge in [0.25, 0.3) is 0 Å². The van der Waals surface area contributed by atoms with E-state index >= 15 is 0 Å². The molecule has 0 atom stereocenters. The van der Waals surface area contributed by atoms with Gasteiger partial charge in [0.15, 0.2) is 0 Å². The standard InChI is InChI=1S/C11H20O4.C10H18O4.Li.H2O/c1-10(2,3)15-8(12)7-11(4,5)9(13)14-6;1-9(2,3)14-7(11)6-10(4,5)8(12)13;;/h7H2,1-6H3;6H2,1-5H3,(H,12,13);;1H2/q;;+1;/p-1. The van der Waals surface area contributed by atoms with Crippen LogP contribution in [0.15, 0.2) is 0 Å². The van der Waals surface area contributed by atoms with Crippen molar-refractivity contribution in [2.45, 2.75) is 93.3 Å². The van der Waals surface area contributed by atoms with Crippen molar-refractivity contribution in [3.63, 3.8) is 0 Å². The zero-order valence-corrected chi connectivity index (χ0v) is 21.2. The van der Waals surface area contributed by atoms with Crippen molar-refractivity contribution in [3.05, 3.63) is 0 Å². The first-order valence-corrected chi connectivity index (χ1v) is 9.38. The zero-order chi connectivity index (χ0) is 23.8. The number of carbonyl (C=O) groups is 4. The minimum atomic E-state index is -1.07. The van der Waals surface area contributed by atoms with Gasteiger partial charge < -0.3 is 24.8 Å². The Bertz CT molecular complexity index is 597. The third-order valence-corrected chi connectivity index (χ3v) is 3.33. The van der Waals surface area contributed by atoms with Crippen LogP contribution in [0.4, 0.5) is 0 Å². The van der Waals surface area contributed by atoms with E-state index in [-0.39, 0.29) is 37.2 Å². The average molecular weight is 442 g/mol. The van der Waals surface area contributed by atoms with Crippen LogP contribution in [-0.2, 0) is 33.4 Å². The van der Waals surface area contributed by atoms with Crippen molar-refractivity contribution < 1.29 is 62.8 Å². The first-order chi connectivity index (χ1) is 12.6. The third kappa shape index (κ3) is 18.9. The molecule has 0 spiro atoms. The van der Waals surface area contributed by atoms with Crippen LogP contribution >= 0.6 is 0 Å². The van der Waals surface area contributed by atoms with Crippen LogP contribution in [0, 0.1) is 10.8 Å². The molecule has 0 rings (SSSR count). The number of carbonyl (C=O) groups excluding carboxylic acids is 3. The van der Waals surface area contributed by atoms with Crippen LogP contribution in [0.1, 0.15) is 82.1 Å². The fourth-order valence-corrected chi connectivity index (χ4v) is 1.90. The molecule has 0 bridgehead atoms. The summed E-state index contributed by atoms with van der Waals surface area (Å²) < 4.78 is 14.7. The summed E-state index contributed by atoms with van der Waals surface area (Å²) in [5.74, 6) is -2.28. The molecule has 178 valence electrons. The number of carboxylic acids is 1. The van der Waals surface area contributed by atoms with Crippen LogP contribution in [0.5, 0.6) is 0 Å². The fourth-order valence-electron chi connectivity index (χ4n) is 1.90. The summed E-state index contributed by atoms with van der Waals surface area (Å²) in [7, 11) is 1.30. The molecule has 0 radical (unpaired) electrons. The summed E-state index contributed by atoms with van der Waals surface area (Å²) in [6.45, 7) is 16.9. The number of hydrogen-bond donors (Lipinski definition) is 1. The second-order valence-electron chi connectivity index (χ2n) is 10.1. The van der Waals surface area contributed by atoms with Crippen LogP contribution in [0.25, 0.3) is 0 Å². The minimum Gasteiger partial charge on any atom is -0.870 e. The van der Waals surface area contributed by atoms with Gasteiger partial charge in [0.2, 0.25) is 0 Å². The van der Waals surface area contributed by atoms with Gasteiger partial charge in [0.05, 0.1) is 30.8 Å². The van der Waals surface area contributed by atoms with Gasteiger partial charge in [0.1, 0.15) is 11.2 Å². The molecular weight excluding hydrogens is 403 g/mol. The predicted molar refractivity (Wildman–Crippen MR) is 110 cm³/mol. The number of rotatable bonds is 6. The van der Waals surface area contributed by atoms with Crippen LogP contribution in [-0.4, -0.2) is 52.8 Å². The zero-order valence-electron chi connectivity index (χ0n) is 21.2. The Hall–Kier alpha value is -1.56. The van der Waals surface area contributed by atoms with E-state index < -0.39 is 45.9 Å². The Kier molecular flexibility index (Phi) is 16.3. The normalized spacial score (nSPS) is 11.5. The smallest absolute Gasteiger partial charge is 0.870 e. The van der Waals surface area contributed by atoms with E-state index in [0.717, 1.165) is 0 Å². The third-order valence-electron chi connectivity index (χ3n) is 3.33. The number of esters is 3. The van der Waals surface area contributed by atoms with E-state index in [2.05, 4.69) is 4.74 Å². The van der Waals surface area contributed by atoms with Crippen molar-refractivity contribution >= 4 is 23.9 Å². The Morgan fingerprint density at radius 3 is 1.19 bits per heavy atom. The topological polar surface area (TPSA) is 146 Å². The molecular formula is C21H39LiO9. The summed E-state index contributed by atoms with van der Waals surface area (Å²) in [6.07, 6.45) is -0.0868. The summed E-state index contributed by atoms with van der Waals surface area (Å²) >= 11 is 0. The van der Waals surface area contributed by atoms with Crippen LogP contribution in [0.3, 0.4) is 0 Å². The molecule has 0 aliphatic heterocycles. The van der Waals surface area contributed by atoms with Crippen molar-refractivity contribution in [1.29, 1.82) is 0 Å². The largest absolute Gasteiger partial charge is 1.00 e. The molecule has 31 heavy (non-hydrogen) atoms. The van der Waals surface area contributed by atoms with E-state index in [1.54, 1.807) is 55.4 Å². The summed E-state index contributed by atoms with van der Waals surface area (Å²) in [5.41, 5.74) is -2.99. The molecule has 9 nitrogen and oxygen atoms in total. The minimum absolute atomic E-state index is 0. The Labute approximate surface area is 198 Å². The van der Waals surface area contributed by atoms with E-state index in [4.69, 9.17) is 14.6 Å². The summed E-state index contributed by atoms with van der Waals surface area (Å²) in [4.78, 5) is 44.8. The summed E-state index contributed by atoms with van der Waals surface area (Å²) in [6, 6.07) is 0. The monoisotopic (exact) mass is 442 g/mol. The molecule has 0 aliphatic carbocycles. The van der Waals surface area contributed by atoms with Gasteiger partial charge in [-0.3, -0.25) is 19.2 Å². The molecule has 0 fully saturated rings. The molecule has 0 saturated carbocycles. The number of hydrogen-bond acceptors (Lipinski definition) is 8. The molecule has 10 heteroatoms. The molecule has 0 aromatic rings. The molecule has 0 saturated heterocycles. The molecule has 2 N–H and O–H groups in total. The number of methoxy groups -OCH3 is 1. The fraction of sp³-hybridized carbons (Fsp3) is 0.810. The van der Waals surface area contributed by atoms with Gasteiger partial charge in [0, 0.05) is 0 Å².